The van der Waals surface area contributed by atoms with E-state index in [-0.39, 0.29) is 5.54 Å². The molecule has 3 saturated heterocycles. The summed E-state index contributed by atoms with van der Waals surface area (Å²) >= 11 is 1.81. The van der Waals surface area contributed by atoms with Crippen LogP contribution in [-0.4, -0.2) is 47.6 Å². The summed E-state index contributed by atoms with van der Waals surface area (Å²) in [5.74, 6) is 0.816. The van der Waals surface area contributed by atoms with Gasteiger partial charge in [0.1, 0.15) is 0 Å². The monoisotopic (exact) mass is 291 g/mol. The van der Waals surface area contributed by atoms with Gasteiger partial charge in [-0.1, -0.05) is 0 Å². The van der Waals surface area contributed by atoms with Crippen molar-refractivity contribution in [3.05, 3.63) is 22.4 Å². The third kappa shape index (κ3) is 2.13. The van der Waals surface area contributed by atoms with E-state index in [0.717, 1.165) is 25.0 Å². The van der Waals surface area contributed by atoms with Crippen molar-refractivity contribution >= 4 is 11.3 Å². The molecule has 1 saturated carbocycles. The molecule has 3 aliphatic heterocycles. The fraction of sp³-hybridized carbons (Fsp3) is 0.750. The Balaban J connectivity index is 1.63. The van der Waals surface area contributed by atoms with E-state index in [0.29, 0.717) is 0 Å². The van der Waals surface area contributed by atoms with E-state index in [1.807, 2.05) is 11.3 Å². The van der Waals surface area contributed by atoms with E-state index in [1.165, 1.54) is 50.9 Å². The number of fused-ring (bicyclic) bond motifs is 3. The predicted molar refractivity (Wildman–Crippen MR) is 83.8 cm³/mol. The van der Waals surface area contributed by atoms with Crippen LogP contribution in [0.1, 0.15) is 31.2 Å². The average Bonchev–Trinajstić information content (AvgIpc) is 3.22. The van der Waals surface area contributed by atoms with Crippen LogP contribution in [-0.2, 0) is 6.54 Å². The number of hydrogen-bond donors (Lipinski definition) is 1. The summed E-state index contributed by atoms with van der Waals surface area (Å²) in [4.78, 5) is 5.45. The van der Waals surface area contributed by atoms with Crippen molar-refractivity contribution in [2.24, 2.45) is 11.7 Å². The second kappa shape index (κ2) is 5.09. The normalized spacial score (nSPS) is 36.7. The highest BCUT2D eigenvalue weighted by Crippen LogP contribution is 2.44. The number of rotatable bonds is 5. The summed E-state index contributed by atoms with van der Waals surface area (Å²) in [7, 11) is 0. The van der Waals surface area contributed by atoms with Gasteiger partial charge in [0, 0.05) is 31.2 Å². The van der Waals surface area contributed by atoms with E-state index in [4.69, 9.17) is 5.73 Å². The van der Waals surface area contributed by atoms with Crippen LogP contribution in [0.2, 0.25) is 0 Å². The lowest BCUT2D eigenvalue weighted by molar-refractivity contribution is -0.0755. The van der Waals surface area contributed by atoms with Crippen LogP contribution in [0.3, 0.4) is 0 Å². The average molecular weight is 291 g/mol. The lowest BCUT2D eigenvalue weighted by Crippen LogP contribution is -2.70. The fourth-order valence-electron chi connectivity index (χ4n) is 4.43. The second-order valence-corrected chi connectivity index (χ2v) is 7.63. The Kier molecular flexibility index (Phi) is 3.38. The van der Waals surface area contributed by atoms with Crippen LogP contribution in [0.5, 0.6) is 0 Å². The molecule has 2 bridgehead atoms. The Morgan fingerprint density at radius 3 is 2.60 bits per heavy atom. The van der Waals surface area contributed by atoms with E-state index in [1.54, 1.807) is 0 Å². The van der Waals surface area contributed by atoms with E-state index < -0.39 is 0 Å². The molecule has 4 aliphatic rings. The van der Waals surface area contributed by atoms with E-state index >= 15 is 0 Å². The molecule has 0 aromatic carbocycles. The molecule has 110 valence electrons. The molecular formula is C16H25N3S. The quantitative estimate of drug-likeness (QED) is 0.902. The Hall–Kier alpha value is -0.420. The molecule has 0 spiro atoms. The molecule has 2 N–H and O–H groups in total. The summed E-state index contributed by atoms with van der Waals surface area (Å²) in [5, 5.41) is 4.51. The van der Waals surface area contributed by atoms with Crippen molar-refractivity contribution in [3.8, 4) is 0 Å². The molecule has 1 aliphatic carbocycles. The van der Waals surface area contributed by atoms with Gasteiger partial charge in [-0.3, -0.25) is 4.90 Å². The Morgan fingerprint density at radius 2 is 2.10 bits per heavy atom. The number of piperidine rings is 3. The second-order valence-electron chi connectivity index (χ2n) is 6.85. The van der Waals surface area contributed by atoms with Gasteiger partial charge in [0.25, 0.3) is 0 Å². The molecule has 20 heavy (non-hydrogen) atoms. The van der Waals surface area contributed by atoms with Gasteiger partial charge < -0.3 is 10.6 Å². The molecule has 4 heteroatoms. The summed E-state index contributed by atoms with van der Waals surface area (Å²) in [6.45, 7) is 5.73. The maximum absolute atomic E-state index is 6.35. The van der Waals surface area contributed by atoms with Crippen molar-refractivity contribution in [1.82, 2.24) is 9.80 Å². The molecular weight excluding hydrogens is 266 g/mol. The number of thiophene rings is 1. The SMILES string of the molecule is NCC1(N(Cc2ccsc2)C2CC2)CN2CCC1CC2. The van der Waals surface area contributed by atoms with Gasteiger partial charge in [-0.05, 0) is 67.1 Å². The lowest BCUT2D eigenvalue weighted by Gasteiger charge is -2.58. The van der Waals surface area contributed by atoms with Crippen LogP contribution >= 0.6 is 11.3 Å². The van der Waals surface area contributed by atoms with Gasteiger partial charge in [0.15, 0.2) is 0 Å². The maximum atomic E-state index is 6.35. The zero-order valence-electron chi connectivity index (χ0n) is 12.1. The van der Waals surface area contributed by atoms with Crippen LogP contribution in [0.15, 0.2) is 16.8 Å². The molecule has 1 aromatic rings. The summed E-state index contributed by atoms with van der Waals surface area (Å²) in [6.07, 6.45) is 5.45. The first-order valence-electron chi connectivity index (χ1n) is 8.02. The molecule has 5 rings (SSSR count). The van der Waals surface area contributed by atoms with Gasteiger partial charge in [-0.2, -0.15) is 11.3 Å². The topological polar surface area (TPSA) is 32.5 Å². The Labute approximate surface area is 125 Å². The first-order chi connectivity index (χ1) is 9.82. The smallest absolute Gasteiger partial charge is 0.0493 e. The maximum Gasteiger partial charge on any atom is 0.0493 e. The highest BCUT2D eigenvalue weighted by atomic mass is 32.1. The molecule has 1 aromatic heterocycles. The van der Waals surface area contributed by atoms with Gasteiger partial charge >= 0.3 is 0 Å². The summed E-state index contributed by atoms with van der Waals surface area (Å²) in [5.41, 5.74) is 8.08. The zero-order chi connectivity index (χ0) is 13.6. The molecule has 4 heterocycles. The van der Waals surface area contributed by atoms with Crippen LogP contribution in [0.4, 0.5) is 0 Å². The molecule has 0 amide bonds. The Morgan fingerprint density at radius 1 is 1.30 bits per heavy atom. The van der Waals surface area contributed by atoms with Gasteiger partial charge in [-0.15, -0.1) is 0 Å². The number of hydrogen-bond acceptors (Lipinski definition) is 4. The minimum atomic E-state index is 0.250. The van der Waals surface area contributed by atoms with Gasteiger partial charge in [0.05, 0.1) is 0 Å². The van der Waals surface area contributed by atoms with Crippen molar-refractivity contribution in [2.45, 2.75) is 43.8 Å². The van der Waals surface area contributed by atoms with Crippen molar-refractivity contribution in [1.29, 1.82) is 0 Å². The molecule has 1 unspecified atom stereocenters. The lowest BCUT2D eigenvalue weighted by atomic mass is 9.71. The summed E-state index contributed by atoms with van der Waals surface area (Å²) in [6, 6.07) is 3.07. The standard InChI is InChI=1S/C16H25N3S/c17-11-16(12-18-6-3-14(16)4-7-18)19(15-1-2-15)9-13-5-8-20-10-13/h5,8,10,14-15H,1-4,6-7,9,11-12,17H2. The van der Waals surface area contributed by atoms with Crippen molar-refractivity contribution < 1.29 is 0 Å². The molecule has 1 atom stereocenters. The third-order valence-electron chi connectivity index (χ3n) is 5.69. The van der Waals surface area contributed by atoms with Gasteiger partial charge in [0.2, 0.25) is 0 Å². The van der Waals surface area contributed by atoms with E-state index in [2.05, 4.69) is 26.6 Å². The predicted octanol–water partition coefficient (Wildman–Crippen LogP) is 2.14. The number of nitrogens with two attached hydrogens (primary N) is 1. The largest absolute Gasteiger partial charge is 0.329 e. The Bertz CT molecular complexity index is 448. The molecule has 3 nitrogen and oxygen atoms in total. The van der Waals surface area contributed by atoms with E-state index in [9.17, 15) is 0 Å². The molecule has 0 radical (unpaired) electrons. The van der Waals surface area contributed by atoms with Gasteiger partial charge in [-0.25, -0.2) is 0 Å². The van der Waals surface area contributed by atoms with Crippen molar-refractivity contribution in [3.63, 3.8) is 0 Å². The fourth-order valence-corrected chi connectivity index (χ4v) is 5.09. The third-order valence-corrected chi connectivity index (χ3v) is 6.42. The minimum absolute atomic E-state index is 0.250. The van der Waals surface area contributed by atoms with Crippen LogP contribution in [0, 0.1) is 5.92 Å². The van der Waals surface area contributed by atoms with Crippen LogP contribution in [0.25, 0.3) is 0 Å². The van der Waals surface area contributed by atoms with Crippen LogP contribution < -0.4 is 5.73 Å². The summed E-state index contributed by atoms with van der Waals surface area (Å²) < 4.78 is 0. The first kappa shape index (κ1) is 13.3. The molecule has 4 fully saturated rings. The first-order valence-corrected chi connectivity index (χ1v) is 8.96. The minimum Gasteiger partial charge on any atom is -0.329 e. The zero-order valence-corrected chi connectivity index (χ0v) is 12.9. The highest BCUT2D eigenvalue weighted by molar-refractivity contribution is 7.07. The van der Waals surface area contributed by atoms with Crippen molar-refractivity contribution in [2.75, 3.05) is 26.2 Å². The highest BCUT2D eigenvalue weighted by Gasteiger charge is 2.52. The number of nitrogens with zero attached hydrogens (tertiary/aromatic N) is 2.